The van der Waals surface area contributed by atoms with Crippen LogP contribution in [0.25, 0.3) is 0 Å². The van der Waals surface area contributed by atoms with Crippen molar-refractivity contribution in [2.24, 2.45) is 0 Å². The van der Waals surface area contributed by atoms with Crippen molar-refractivity contribution in [1.29, 1.82) is 0 Å². The largest absolute Gasteiger partial charge is 0.348 e. The average molecular weight is 301 g/mol. The lowest BCUT2D eigenvalue weighted by atomic mass is 10.1. The van der Waals surface area contributed by atoms with Gasteiger partial charge in [0.25, 0.3) is 5.91 Å². The van der Waals surface area contributed by atoms with E-state index in [1.807, 2.05) is 18.2 Å². The van der Waals surface area contributed by atoms with E-state index in [9.17, 15) is 9.59 Å². The average Bonchev–Trinajstić information content (AvgIpc) is 2.84. The van der Waals surface area contributed by atoms with Crippen LogP contribution in [0.15, 0.2) is 42.5 Å². The van der Waals surface area contributed by atoms with Gasteiger partial charge in [0.15, 0.2) is 0 Å². The second kappa shape index (κ2) is 5.58. The Kier molecular flexibility index (Phi) is 3.62. The lowest BCUT2D eigenvalue weighted by molar-refractivity contribution is -0.115. The Labute approximate surface area is 127 Å². The van der Waals surface area contributed by atoms with Crippen molar-refractivity contribution in [2.45, 2.75) is 13.0 Å². The minimum atomic E-state index is -0.174. The first-order chi connectivity index (χ1) is 10.1. The van der Waals surface area contributed by atoms with Crippen molar-refractivity contribution in [3.63, 3.8) is 0 Å². The van der Waals surface area contributed by atoms with Crippen LogP contribution in [0, 0.1) is 0 Å². The highest BCUT2D eigenvalue weighted by molar-refractivity contribution is 6.30. The molecule has 21 heavy (non-hydrogen) atoms. The molecule has 0 unspecified atom stereocenters. The summed E-state index contributed by atoms with van der Waals surface area (Å²) in [6, 6.07) is 12.5. The predicted molar refractivity (Wildman–Crippen MR) is 81.4 cm³/mol. The third-order valence-corrected chi connectivity index (χ3v) is 3.57. The fraction of sp³-hybridized carbons (Fsp3) is 0.125. The van der Waals surface area contributed by atoms with Crippen molar-refractivity contribution >= 4 is 29.1 Å². The minimum Gasteiger partial charge on any atom is -0.348 e. The number of carbonyl (C=O) groups excluding carboxylic acids is 2. The van der Waals surface area contributed by atoms with Crippen LogP contribution in [0.2, 0.25) is 5.02 Å². The first-order valence-corrected chi connectivity index (χ1v) is 6.95. The third-order valence-electron chi connectivity index (χ3n) is 3.33. The van der Waals surface area contributed by atoms with E-state index in [-0.39, 0.29) is 11.8 Å². The molecule has 0 radical (unpaired) electrons. The van der Waals surface area contributed by atoms with Crippen molar-refractivity contribution < 1.29 is 9.59 Å². The van der Waals surface area contributed by atoms with Gasteiger partial charge >= 0.3 is 0 Å². The van der Waals surface area contributed by atoms with Gasteiger partial charge in [-0.3, -0.25) is 9.59 Å². The molecule has 0 saturated carbocycles. The Morgan fingerprint density at radius 1 is 1.24 bits per heavy atom. The van der Waals surface area contributed by atoms with Crippen molar-refractivity contribution in [2.75, 3.05) is 5.32 Å². The number of fused-ring (bicyclic) bond motifs is 1. The van der Waals surface area contributed by atoms with E-state index in [1.165, 1.54) is 0 Å². The molecule has 0 fully saturated rings. The normalized spacial score (nSPS) is 12.7. The molecule has 4 nitrogen and oxygen atoms in total. The van der Waals surface area contributed by atoms with Crippen LogP contribution in [0.1, 0.15) is 21.5 Å². The van der Waals surface area contributed by atoms with Gasteiger partial charge in [0, 0.05) is 22.8 Å². The predicted octanol–water partition coefficient (Wildman–Crippen LogP) is 2.76. The number of carbonyl (C=O) groups is 2. The smallest absolute Gasteiger partial charge is 0.251 e. The van der Waals surface area contributed by atoms with E-state index in [0.29, 0.717) is 23.6 Å². The first kappa shape index (κ1) is 13.6. The summed E-state index contributed by atoms with van der Waals surface area (Å²) in [7, 11) is 0. The number of hydrogen-bond acceptors (Lipinski definition) is 2. The molecule has 1 aliphatic rings. The summed E-state index contributed by atoms with van der Waals surface area (Å²) >= 11 is 5.86. The van der Waals surface area contributed by atoms with Crippen molar-refractivity contribution in [1.82, 2.24) is 5.32 Å². The zero-order valence-corrected chi connectivity index (χ0v) is 11.9. The summed E-state index contributed by atoms with van der Waals surface area (Å²) in [4.78, 5) is 23.3. The number of amides is 2. The standard InChI is InChI=1S/C16H13ClN2O2/c17-13-3-1-2-11(7-13)16(21)18-9-10-4-5-14-12(6-10)8-15(20)19-14/h1-7H,8-9H2,(H,18,21)(H,19,20). The van der Waals surface area contributed by atoms with Gasteiger partial charge in [-0.25, -0.2) is 0 Å². The Balaban J connectivity index is 1.67. The van der Waals surface area contributed by atoms with E-state index in [4.69, 9.17) is 11.6 Å². The SMILES string of the molecule is O=C1Cc2cc(CNC(=O)c3cccc(Cl)c3)ccc2N1. The quantitative estimate of drug-likeness (QED) is 0.916. The van der Waals surface area contributed by atoms with Gasteiger partial charge in [0.2, 0.25) is 5.91 Å². The first-order valence-electron chi connectivity index (χ1n) is 6.57. The molecule has 2 N–H and O–H groups in total. The second-order valence-electron chi connectivity index (χ2n) is 4.91. The van der Waals surface area contributed by atoms with Crippen LogP contribution in [-0.4, -0.2) is 11.8 Å². The number of hydrogen-bond donors (Lipinski definition) is 2. The molecule has 0 aliphatic carbocycles. The lowest BCUT2D eigenvalue weighted by Crippen LogP contribution is -2.22. The maximum absolute atomic E-state index is 12.0. The highest BCUT2D eigenvalue weighted by Crippen LogP contribution is 2.23. The summed E-state index contributed by atoms with van der Waals surface area (Å²) in [6.07, 6.45) is 0.394. The summed E-state index contributed by atoms with van der Waals surface area (Å²) in [5.74, 6) is -0.169. The summed E-state index contributed by atoms with van der Waals surface area (Å²) in [5.41, 5.74) is 3.31. The van der Waals surface area contributed by atoms with Crippen LogP contribution in [0.3, 0.4) is 0 Å². The molecule has 2 amide bonds. The van der Waals surface area contributed by atoms with E-state index >= 15 is 0 Å². The molecular formula is C16H13ClN2O2. The van der Waals surface area contributed by atoms with Gasteiger partial charge in [0.05, 0.1) is 6.42 Å². The van der Waals surface area contributed by atoms with Crippen LogP contribution in [0.5, 0.6) is 0 Å². The minimum absolute atomic E-state index is 0.00473. The monoisotopic (exact) mass is 300 g/mol. The summed E-state index contributed by atoms with van der Waals surface area (Å²) in [6.45, 7) is 0.410. The van der Waals surface area contributed by atoms with E-state index in [2.05, 4.69) is 10.6 Å². The number of benzene rings is 2. The van der Waals surface area contributed by atoms with Gasteiger partial charge in [-0.15, -0.1) is 0 Å². The molecule has 0 saturated heterocycles. The molecule has 2 aromatic carbocycles. The number of rotatable bonds is 3. The van der Waals surface area contributed by atoms with Gasteiger partial charge in [-0.2, -0.15) is 0 Å². The third kappa shape index (κ3) is 3.06. The van der Waals surface area contributed by atoms with Gasteiger partial charge in [-0.05, 0) is 35.4 Å². The van der Waals surface area contributed by atoms with E-state index < -0.39 is 0 Å². The molecule has 0 atom stereocenters. The number of anilines is 1. The molecule has 3 rings (SSSR count). The molecule has 5 heteroatoms. The Morgan fingerprint density at radius 3 is 2.90 bits per heavy atom. The molecular weight excluding hydrogens is 288 g/mol. The maximum atomic E-state index is 12.0. The van der Waals surface area contributed by atoms with Gasteiger partial charge < -0.3 is 10.6 Å². The summed E-state index contributed by atoms with van der Waals surface area (Å²) in [5, 5.41) is 6.15. The Bertz CT molecular complexity index is 728. The highest BCUT2D eigenvalue weighted by atomic mass is 35.5. The second-order valence-corrected chi connectivity index (χ2v) is 5.35. The molecule has 2 aromatic rings. The maximum Gasteiger partial charge on any atom is 0.251 e. The topological polar surface area (TPSA) is 58.2 Å². The van der Waals surface area contributed by atoms with E-state index in [1.54, 1.807) is 24.3 Å². The number of nitrogens with one attached hydrogen (secondary N) is 2. The Hall–Kier alpha value is -2.33. The van der Waals surface area contributed by atoms with Crippen molar-refractivity contribution in [3.05, 3.63) is 64.2 Å². The Morgan fingerprint density at radius 2 is 2.10 bits per heavy atom. The molecule has 1 aliphatic heterocycles. The molecule has 1 heterocycles. The van der Waals surface area contributed by atoms with Gasteiger partial charge in [-0.1, -0.05) is 29.8 Å². The number of halogens is 1. The molecule has 0 bridgehead atoms. The van der Waals surface area contributed by atoms with Crippen molar-refractivity contribution in [3.8, 4) is 0 Å². The van der Waals surface area contributed by atoms with E-state index in [0.717, 1.165) is 16.8 Å². The summed E-state index contributed by atoms with van der Waals surface area (Å²) < 4.78 is 0. The zero-order valence-electron chi connectivity index (χ0n) is 11.2. The van der Waals surface area contributed by atoms with Crippen LogP contribution in [-0.2, 0) is 17.8 Å². The fourth-order valence-corrected chi connectivity index (χ4v) is 2.50. The van der Waals surface area contributed by atoms with Gasteiger partial charge in [0.1, 0.15) is 0 Å². The lowest BCUT2D eigenvalue weighted by Gasteiger charge is -2.07. The van der Waals surface area contributed by atoms with Crippen LogP contribution in [0.4, 0.5) is 5.69 Å². The zero-order chi connectivity index (χ0) is 14.8. The molecule has 106 valence electrons. The highest BCUT2D eigenvalue weighted by Gasteiger charge is 2.17. The fourth-order valence-electron chi connectivity index (χ4n) is 2.31. The molecule has 0 spiro atoms. The molecule has 0 aromatic heterocycles. The van der Waals surface area contributed by atoms with Crippen LogP contribution < -0.4 is 10.6 Å². The van der Waals surface area contributed by atoms with Crippen LogP contribution >= 0.6 is 11.6 Å².